The lowest BCUT2D eigenvalue weighted by molar-refractivity contribution is -0.119. The standard InChI is InChI=1S/C7H11NO2/c1-2-6(9)5-3-7(10)8-4-5/h2,5-6,9H,1,3-4H2,(H,8,10)/t5?,6-/m1/s1. The lowest BCUT2D eigenvalue weighted by atomic mass is 10.0. The lowest BCUT2D eigenvalue weighted by Gasteiger charge is -2.09. The average molecular weight is 141 g/mol. The van der Waals surface area contributed by atoms with Crippen LogP contribution < -0.4 is 5.32 Å². The summed E-state index contributed by atoms with van der Waals surface area (Å²) in [4.78, 5) is 10.6. The fraction of sp³-hybridized carbons (Fsp3) is 0.571. The van der Waals surface area contributed by atoms with Gasteiger partial charge >= 0.3 is 0 Å². The van der Waals surface area contributed by atoms with E-state index in [9.17, 15) is 4.79 Å². The monoisotopic (exact) mass is 141 g/mol. The van der Waals surface area contributed by atoms with Crippen molar-refractivity contribution in [1.82, 2.24) is 5.32 Å². The van der Waals surface area contributed by atoms with E-state index in [0.717, 1.165) is 0 Å². The predicted molar refractivity (Wildman–Crippen MR) is 37.3 cm³/mol. The fourth-order valence-corrected chi connectivity index (χ4v) is 1.06. The number of nitrogens with one attached hydrogen (secondary N) is 1. The Bertz CT molecular complexity index is 156. The Morgan fingerprint density at radius 1 is 1.90 bits per heavy atom. The maximum absolute atomic E-state index is 10.6. The van der Waals surface area contributed by atoms with E-state index >= 15 is 0 Å². The number of aliphatic hydroxyl groups is 1. The van der Waals surface area contributed by atoms with E-state index in [1.165, 1.54) is 6.08 Å². The molecule has 1 heterocycles. The van der Waals surface area contributed by atoms with Crippen molar-refractivity contribution in [2.75, 3.05) is 6.54 Å². The molecule has 2 atom stereocenters. The SMILES string of the molecule is C=C[C@@H](O)C1CNC(=O)C1. The quantitative estimate of drug-likeness (QED) is 0.517. The van der Waals surface area contributed by atoms with Gasteiger partial charge < -0.3 is 10.4 Å². The van der Waals surface area contributed by atoms with Gasteiger partial charge in [0.25, 0.3) is 0 Å². The van der Waals surface area contributed by atoms with Crippen LogP contribution in [0.5, 0.6) is 0 Å². The summed E-state index contributed by atoms with van der Waals surface area (Å²) in [6, 6.07) is 0. The van der Waals surface area contributed by atoms with E-state index in [2.05, 4.69) is 11.9 Å². The van der Waals surface area contributed by atoms with Gasteiger partial charge in [0.1, 0.15) is 0 Å². The van der Waals surface area contributed by atoms with Crippen molar-refractivity contribution in [2.45, 2.75) is 12.5 Å². The minimum Gasteiger partial charge on any atom is -0.389 e. The first-order chi connectivity index (χ1) is 4.74. The highest BCUT2D eigenvalue weighted by atomic mass is 16.3. The summed E-state index contributed by atoms with van der Waals surface area (Å²) in [5, 5.41) is 11.8. The van der Waals surface area contributed by atoms with Crippen LogP contribution >= 0.6 is 0 Å². The Morgan fingerprint density at radius 3 is 3.00 bits per heavy atom. The van der Waals surface area contributed by atoms with Crippen LogP contribution in [0, 0.1) is 5.92 Å². The van der Waals surface area contributed by atoms with E-state index in [0.29, 0.717) is 13.0 Å². The molecular weight excluding hydrogens is 130 g/mol. The Hall–Kier alpha value is -0.830. The van der Waals surface area contributed by atoms with Gasteiger partial charge in [0, 0.05) is 18.9 Å². The van der Waals surface area contributed by atoms with Gasteiger partial charge in [-0.05, 0) is 0 Å². The zero-order chi connectivity index (χ0) is 7.56. The molecule has 1 rings (SSSR count). The van der Waals surface area contributed by atoms with Gasteiger partial charge in [0.05, 0.1) is 6.10 Å². The largest absolute Gasteiger partial charge is 0.389 e. The van der Waals surface area contributed by atoms with Gasteiger partial charge in [-0.15, -0.1) is 6.58 Å². The molecule has 1 aliphatic heterocycles. The van der Waals surface area contributed by atoms with Gasteiger partial charge in [0.15, 0.2) is 0 Å². The van der Waals surface area contributed by atoms with Crippen molar-refractivity contribution in [3.63, 3.8) is 0 Å². The molecule has 2 N–H and O–H groups in total. The fourth-order valence-electron chi connectivity index (χ4n) is 1.06. The van der Waals surface area contributed by atoms with Crippen LogP contribution in [0.2, 0.25) is 0 Å². The summed E-state index contributed by atoms with van der Waals surface area (Å²) in [5.74, 6) is 0.0518. The molecule has 1 fully saturated rings. The summed E-state index contributed by atoms with van der Waals surface area (Å²) < 4.78 is 0. The molecule has 3 nitrogen and oxygen atoms in total. The van der Waals surface area contributed by atoms with Crippen molar-refractivity contribution in [2.24, 2.45) is 5.92 Å². The van der Waals surface area contributed by atoms with Gasteiger partial charge in [0.2, 0.25) is 5.91 Å². The highest BCUT2D eigenvalue weighted by Gasteiger charge is 2.25. The molecular formula is C7H11NO2. The van der Waals surface area contributed by atoms with Crippen molar-refractivity contribution in [1.29, 1.82) is 0 Å². The lowest BCUT2D eigenvalue weighted by Crippen LogP contribution is -2.20. The van der Waals surface area contributed by atoms with Crippen LogP contribution in [0.3, 0.4) is 0 Å². The van der Waals surface area contributed by atoms with Crippen molar-refractivity contribution in [3.05, 3.63) is 12.7 Å². The van der Waals surface area contributed by atoms with E-state index in [1.807, 2.05) is 0 Å². The minimum atomic E-state index is -0.543. The molecule has 0 radical (unpaired) electrons. The van der Waals surface area contributed by atoms with Crippen LogP contribution in [0.25, 0.3) is 0 Å². The Kier molecular flexibility index (Phi) is 2.06. The summed E-state index contributed by atoms with van der Waals surface area (Å²) in [6.07, 6.45) is 1.34. The van der Waals surface area contributed by atoms with Gasteiger partial charge in [-0.1, -0.05) is 6.08 Å². The zero-order valence-corrected chi connectivity index (χ0v) is 5.71. The molecule has 0 aromatic carbocycles. The second kappa shape index (κ2) is 2.84. The first-order valence-electron chi connectivity index (χ1n) is 3.31. The molecule has 0 aliphatic carbocycles. The molecule has 1 unspecified atom stereocenters. The number of aliphatic hydroxyl groups excluding tert-OH is 1. The van der Waals surface area contributed by atoms with Crippen LogP contribution in [0.1, 0.15) is 6.42 Å². The van der Waals surface area contributed by atoms with Crippen LogP contribution in [0.15, 0.2) is 12.7 Å². The molecule has 3 heteroatoms. The maximum atomic E-state index is 10.6. The second-order valence-electron chi connectivity index (χ2n) is 2.49. The third kappa shape index (κ3) is 1.36. The maximum Gasteiger partial charge on any atom is 0.220 e. The number of carbonyl (C=O) groups is 1. The molecule has 1 amide bonds. The second-order valence-corrected chi connectivity index (χ2v) is 2.49. The third-order valence-corrected chi connectivity index (χ3v) is 1.73. The molecule has 0 bridgehead atoms. The molecule has 10 heavy (non-hydrogen) atoms. The van der Waals surface area contributed by atoms with Crippen molar-refractivity contribution >= 4 is 5.91 Å². The van der Waals surface area contributed by atoms with Crippen LogP contribution in [-0.4, -0.2) is 23.7 Å². The predicted octanol–water partition coefficient (Wildman–Crippen LogP) is -0.331. The highest BCUT2D eigenvalue weighted by molar-refractivity contribution is 5.78. The summed E-state index contributed by atoms with van der Waals surface area (Å²) >= 11 is 0. The number of rotatable bonds is 2. The van der Waals surface area contributed by atoms with Crippen LogP contribution in [-0.2, 0) is 4.79 Å². The molecule has 0 saturated carbocycles. The smallest absolute Gasteiger partial charge is 0.220 e. The van der Waals surface area contributed by atoms with Gasteiger partial charge in [-0.25, -0.2) is 0 Å². The molecule has 1 saturated heterocycles. The van der Waals surface area contributed by atoms with E-state index in [-0.39, 0.29) is 11.8 Å². The Labute approximate surface area is 59.7 Å². The average Bonchev–Trinajstić information content (AvgIpc) is 2.34. The zero-order valence-electron chi connectivity index (χ0n) is 5.71. The molecule has 0 spiro atoms. The molecule has 1 aliphatic rings. The summed E-state index contributed by atoms with van der Waals surface area (Å²) in [7, 11) is 0. The number of carbonyl (C=O) groups excluding carboxylic acids is 1. The Balaban J connectivity index is 2.43. The Morgan fingerprint density at radius 2 is 2.60 bits per heavy atom. The summed E-state index contributed by atoms with van der Waals surface area (Å²) in [6.45, 7) is 4.02. The third-order valence-electron chi connectivity index (χ3n) is 1.73. The highest BCUT2D eigenvalue weighted by Crippen LogP contribution is 2.13. The van der Waals surface area contributed by atoms with Crippen molar-refractivity contribution < 1.29 is 9.90 Å². The molecule has 0 aromatic heterocycles. The number of hydrogen-bond acceptors (Lipinski definition) is 2. The molecule has 56 valence electrons. The minimum absolute atomic E-state index is 0.0194. The topological polar surface area (TPSA) is 49.3 Å². The van der Waals surface area contributed by atoms with Gasteiger partial charge in [-0.2, -0.15) is 0 Å². The number of amides is 1. The van der Waals surface area contributed by atoms with Crippen molar-refractivity contribution in [3.8, 4) is 0 Å². The van der Waals surface area contributed by atoms with E-state index in [4.69, 9.17) is 5.11 Å². The number of hydrogen-bond donors (Lipinski definition) is 2. The molecule has 0 aromatic rings. The van der Waals surface area contributed by atoms with Gasteiger partial charge in [-0.3, -0.25) is 4.79 Å². The first kappa shape index (κ1) is 7.28. The van der Waals surface area contributed by atoms with E-state index in [1.54, 1.807) is 0 Å². The first-order valence-corrected chi connectivity index (χ1v) is 3.31. The van der Waals surface area contributed by atoms with Crippen LogP contribution in [0.4, 0.5) is 0 Å². The van der Waals surface area contributed by atoms with E-state index < -0.39 is 6.10 Å². The normalized spacial score (nSPS) is 27.7. The summed E-state index contributed by atoms with van der Waals surface area (Å²) in [5.41, 5.74) is 0.